The Kier molecular flexibility index (Phi) is 6.95. The van der Waals surface area contributed by atoms with E-state index in [0.717, 1.165) is 42.1 Å². The van der Waals surface area contributed by atoms with Crippen LogP contribution >= 0.6 is 0 Å². The predicted octanol–water partition coefficient (Wildman–Crippen LogP) is 5.38. The molecule has 6 heteroatoms. The zero-order valence-electron chi connectivity index (χ0n) is 18.4. The van der Waals surface area contributed by atoms with E-state index >= 15 is 0 Å². The van der Waals surface area contributed by atoms with Gasteiger partial charge in [0.1, 0.15) is 11.7 Å². The van der Waals surface area contributed by atoms with Gasteiger partial charge in [0.15, 0.2) is 0 Å². The van der Waals surface area contributed by atoms with E-state index in [1.807, 2.05) is 37.3 Å². The molecule has 1 atom stereocenters. The second-order valence-electron chi connectivity index (χ2n) is 9.03. The molecule has 0 spiro atoms. The van der Waals surface area contributed by atoms with Crippen LogP contribution in [0.3, 0.4) is 0 Å². The van der Waals surface area contributed by atoms with Gasteiger partial charge in [-0.05, 0) is 71.1 Å². The Hall–Kier alpha value is -2.63. The monoisotopic (exact) mass is 412 g/mol. The van der Waals surface area contributed by atoms with E-state index in [-0.39, 0.29) is 18.5 Å². The Morgan fingerprint density at radius 3 is 2.57 bits per heavy atom. The van der Waals surface area contributed by atoms with Crippen LogP contribution in [0.1, 0.15) is 76.6 Å². The van der Waals surface area contributed by atoms with Gasteiger partial charge in [0.25, 0.3) is 0 Å². The fraction of sp³-hybridized carbons (Fsp3) is 0.542. The molecule has 1 aliphatic carbocycles. The van der Waals surface area contributed by atoms with Crippen molar-refractivity contribution >= 4 is 23.0 Å². The number of nitrogens with zero attached hydrogens (tertiary/aromatic N) is 1. The van der Waals surface area contributed by atoms with Crippen LogP contribution in [-0.4, -0.2) is 28.8 Å². The molecule has 0 bridgehead atoms. The predicted molar refractivity (Wildman–Crippen MR) is 116 cm³/mol. The summed E-state index contributed by atoms with van der Waals surface area (Å²) in [6.07, 6.45) is 4.58. The van der Waals surface area contributed by atoms with Gasteiger partial charge < -0.3 is 14.8 Å². The Morgan fingerprint density at radius 1 is 1.17 bits per heavy atom. The third kappa shape index (κ3) is 6.18. The number of rotatable bonds is 5. The number of amides is 1. The lowest BCUT2D eigenvalue weighted by Crippen LogP contribution is -2.36. The molecule has 6 nitrogen and oxygen atoms in total. The number of esters is 1. The molecule has 3 rings (SSSR count). The molecule has 2 aromatic rings. The van der Waals surface area contributed by atoms with Crippen LogP contribution in [0.25, 0.3) is 10.9 Å². The number of aromatic nitrogens is 1. The summed E-state index contributed by atoms with van der Waals surface area (Å²) in [5.41, 5.74) is 1.85. The van der Waals surface area contributed by atoms with Crippen LogP contribution < -0.4 is 5.32 Å². The molecular weight excluding hydrogens is 380 g/mol. The van der Waals surface area contributed by atoms with Gasteiger partial charge in [-0.15, -0.1) is 0 Å². The van der Waals surface area contributed by atoms with E-state index in [9.17, 15) is 9.59 Å². The van der Waals surface area contributed by atoms with Gasteiger partial charge in [0.05, 0.1) is 23.7 Å². The average Bonchev–Trinajstić information content (AvgIpc) is 2.66. The fourth-order valence-electron chi connectivity index (χ4n) is 3.82. The lowest BCUT2D eigenvalue weighted by Gasteiger charge is -2.25. The molecule has 1 heterocycles. The van der Waals surface area contributed by atoms with Crippen molar-refractivity contribution in [2.75, 3.05) is 0 Å². The van der Waals surface area contributed by atoms with Crippen molar-refractivity contribution in [3.63, 3.8) is 0 Å². The summed E-state index contributed by atoms with van der Waals surface area (Å²) in [4.78, 5) is 29.8. The Morgan fingerprint density at radius 2 is 1.87 bits per heavy atom. The van der Waals surface area contributed by atoms with Crippen LogP contribution in [0.4, 0.5) is 4.79 Å². The van der Waals surface area contributed by atoms with Crippen molar-refractivity contribution in [2.45, 2.75) is 84.0 Å². The molecular formula is C24H32N2O4. The summed E-state index contributed by atoms with van der Waals surface area (Å²) in [7, 11) is 0. The van der Waals surface area contributed by atoms with Crippen molar-refractivity contribution in [1.82, 2.24) is 10.3 Å². The average molecular weight is 413 g/mol. The minimum atomic E-state index is -0.635. The lowest BCUT2D eigenvalue weighted by molar-refractivity contribution is -0.151. The van der Waals surface area contributed by atoms with Crippen molar-refractivity contribution in [3.8, 4) is 0 Å². The summed E-state index contributed by atoms with van der Waals surface area (Å²) < 4.78 is 11.1. The minimum Gasteiger partial charge on any atom is -0.462 e. The number of nitrogens with one attached hydrogen (secondary N) is 1. The molecule has 0 aliphatic heterocycles. The first-order valence-electron chi connectivity index (χ1n) is 10.8. The first kappa shape index (κ1) is 22.1. The summed E-state index contributed by atoms with van der Waals surface area (Å²) in [6, 6.07) is 9.12. The highest BCUT2D eigenvalue weighted by atomic mass is 16.6. The third-order valence-electron chi connectivity index (χ3n) is 5.21. The highest BCUT2D eigenvalue weighted by Gasteiger charge is 2.26. The molecule has 30 heavy (non-hydrogen) atoms. The summed E-state index contributed by atoms with van der Waals surface area (Å²) in [5, 5.41) is 3.87. The Balaban J connectivity index is 1.81. The second-order valence-corrected chi connectivity index (χ2v) is 9.03. The van der Waals surface area contributed by atoms with Crippen LogP contribution in [0.15, 0.2) is 30.3 Å². The van der Waals surface area contributed by atoms with Gasteiger partial charge in [-0.25, -0.2) is 4.79 Å². The van der Waals surface area contributed by atoms with Crippen molar-refractivity contribution < 1.29 is 19.1 Å². The molecule has 1 saturated carbocycles. The highest BCUT2D eigenvalue weighted by molar-refractivity contribution is 5.82. The van der Waals surface area contributed by atoms with Crippen LogP contribution in [0.5, 0.6) is 0 Å². The number of benzene rings is 1. The van der Waals surface area contributed by atoms with Crippen LogP contribution in [0, 0.1) is 6.92 Å². The van der Waals surface area contributed by atoms with Gasteiger partial charge in [0, 0.05) is 5.39 Å². The number of carbonyl (C=O) groups excluding carboxylic acids is 2. The maximum atomic E-state index is 12.7. The maximum absolute atomic E-state index is 12.7. The van der Waals surface area contributed by atoms with E-state index in [1.165, 1.54) is 6.42 Å². The van der Waals surface area contributed by atoms with Crippen molar-refractivity contribution in [2.24, 2.45) is 0 Å². The van der Waals surface area contributed by atoms with E-state index in [2.05, 4.69) is 5.32 Å². The zero-order valence-corrected chi connectivity index (χ0v) is 18.4. The molecule has 0 saturated heterocycles. The molecule has 1 fully saturated rings. The molecule has 1 aromatic carbocycles. The Bertz CT molecular complexity index is 898. The number of hydrogen-bond acceptors (Lipinski definition) is 5. The minimum absolute atomic E-state index is 0.0144. The van der Waals surface area contributed by atoms with E-state index in [4.69, 9.17) is 14.5 Å². The zero-order chi connectivity index (χ0) is 21.7. The number of ether oxygens (including phenoxy) is 2. The molecule has 0 radical (unpaired) electrons. The summed E-state index contributed by atoms with van der Waals surface area (Å²) >= 11 is 0. The van der Waals surface area contributed by atoms with Crippen molar-refractivity contribution in [3.05, 3.63) is 41.6 Å². The first-order valence-corrected chi connectivity index (χ1v) is 10.8. The molecule has 1 aromatic heterocycles. The molecule has 162 valence electrons. The number of alkyl carbamates (subject to hydrolysis) is 1. The smallest absolute Gasteiger partial charge is 0.408 e. The largest absolute Gasteiger partial charge is 0.462 e. The molecule has 1 amide bonds. The van der Waals surface area contributed by atoms with E-state index in [1.54, 1.807) is 20.8 Å². The van der Waals surface area contributed by atoms with Gasteiger partial charge in [-0.1, -0.05) is 24.6 Å². The van der Waals surface area contributed by atoms with Crippen LogP contribution in [-0.2, 0) is 14.3 Å². The topological polar surface area (TPSA) is 77.5 Å². The molecule has 0 unspecified atom stereocenters. The summed E-state index contributed by atoms with van der Waals surface area (Å²) in [5.74, 6) is -0.324. The number of para-hydroxylation sites is 1. The Labute approximate surface area is 178 Å². The lowest BCUT2D eigenvalue weighted by atomic mass is 9.98. The SMILES string of the molecule is Cc1cc([C@@H](CC(=O)OC2CCCCC2)NC(=O)OC(C)(C)C)nc2ccccc12. The van der Waals surface area contributed by atoms with E-state index in [0.29, 0.717) is 5.69 Å². The van der Waals surface area contributed by atoms with Crippen molar-refractivity contribution in [1.29, 1.82) is 0 Å². The number of pyridine rings is 1. The number of hydrogen-bond donors (Lipinski definition) is 1. The maximum Gasteiger partial charge on any atom is 0.408 e. The first-order chi connectivity index (χ1) is 14.2. The molecule has 1 aliphatic rings. The standard InChI is InChI=1S/C24H32N2O4/c1-16-14-20(25-19-13-9-8-12-18(16)19)21(26-23(28)30-24(2,3)4)15-22(27)29-17-10-6-5-7-11-17/h8-9,12-14,17,21H,5-7,10-11,15H2,1-4H3,(H,26,28)/t21-/m1/s1. The normalized spacial score (nSPS) is 16.1. The van der Waals surface area contributed by atoms with E-state index < -0.39 is 17.7 Å². The highest BCUT2D eigenvalue weighted by Crippen LogP contribution is 2.25. The van der Waals surface area contributed by atoms with Gasteiger partial charge in [-0.3, -0.25) is 9.78 Å². The van der Waals surface area contributed by atoms with Gasteiger partial charge in [-0.2, -0.15) is 0 Å². The second kappa shape index (κ2) is 9.45. The van der Waals surface area contributed by atoms with Gasteiger partial charge >= 0.3 is 12.1 Å². The number of carbonyl (C=O) groups is 2. The fourth-order valence-corrected chi connectivity index (χ4v) is 3.82. The molecule has 1 N–H and O–H groups in total. The number of aryl methyl sites for hydroxylation is 1. The summed E-state index contributed by atoms with van der Waals surface area (Å²) in [6.45, 7) is 7.41. The van der Waals surface area contributed by atoms with Crippen LogP contribution in [0.2, 0.25) is 0 Å². The number of fused-ring (bicyclic) bond motifs is 1. The van der Waals surface area contributed by atoms with Gasteiger partial charge in [0.2, 0.25) is 0 Å². The quantitative estimate of drug-likeness (QED) is 0.668. The third-order valence-corrected chi connectivity index (χ3v) is 5.21.